The molecule has 1 aliphatic carbocycles. The van der Waals surface area contributed by atoms with Crippen LogP contribution in [-0.2, 0) is 0 Å². The van der Waals surface area contributed by atoms with Gasteiger partial charge in [-0.05, 0) is 51.0 Å². The number of nitrogens with zero attached hydrogens (tertiary/aromatic N) is 1. The van der Waals surface area contributed by atoms with Gasteiger partial charge in [0, 0.05) is 19.1 Å². The summed E-state index contributed by atoms with van der Waals surface area (Å²) < 4.78 is 0. The Hall–Kier alpha value is -0.120. The van der Waals surface area contributed by atoms with Gasteiger partial charge in [-0.25, -0.2) is 0 Å². The van der Waals surface area contributed by atoms with E-state index >= 15 is 0 Å². The van der Waals surface area contributed by atoms with Crippen LogP contribution in [0.1, 0.15) is 53.9 Å². The monoisotopic (exact) mass is 256 g/mol. The number of rotatable bonds is 5. The highest BCUT2D eigenvalue weighted by atomic mass is 16.3. The molecule has 0 saturated heterocycles. The predicted octanol–water partition coefficient (Wildman–Crippen LogP) is 2.23. The summed E-state index contributed by atoms with van der Waals surface area (Å²) in [5.74, 6) is 0.566. The summed E-state index contributed by atoms with van der Waals surface area (Å²) in [6.07, 6.45) is 3.58. The Morgan fingerprint density at radius 3 is 2.50 bits per heavy atom. The molecule has 1 fully saturated rings. The van der Waals surface area contributed by atoms with Gasteiger partial charge in [0.05, 0.1) is 5.60 Å². The lowest BCUT2D eigenvalue weighted by molar-refractivity contribution is 0.0237. The van der Waals surface area contributed by atoms with E-state index in [0.29, 0.717) is 17.4 Å². The number of aliphatic hydroxyl groups is 1. The van der Waals surface area contributed by atoms with E-state index < -0.39 is 5.60 Å². The van der Waals surface area contributed by atoms with Crippen LogP contribution >= 0.6 is 0 Å². The van der Waals surface area contributed by atoms with Crippen LogP contribution in [0.25, 0.3) is 0 Å². The molecule has 1 saturated carbocycles. The third-order valence-electron chi connectivity index (χ3n) is 4.13. The Balaban J connectivity index is 2.57. The van der Waals surface area contributed by atoms with Gasteiger partial charge in [-0.1, -0.05) is 20.8 Å². The Morgan fingerprint density at radius 1 is 1.39 bits per heavy atom. The lowest BCUT2D eigenvalue weighted by Gasteiger charge is -2.42. The van der Waals surface area contributed by atoms with E-state index in [0.717, 1.165) is 26.1 Å². The first kappa shape index (κ1) is 15.9. The van der Waals surface area contributed by atoms with E-state index in [9.17, 15) is 5.11 Å². The fourth-order valence-electron chi connectivity index (χ4n) is 3.14. The molecular weight excluding hydrogens is 224 g/mol. The second kappa shape index (κ2) is 5.89. The Bertz CT molecular complexity index is 258. The first-order valence-electron chi connectivity index (χ1n) is 7.33. The van der Waals surface area contributed by atoms with E-state index in [4.69, 9.17) is 5.73 Å². The molecule has 0 aromatic carbocycles. The lowest BCUT2D eigenvalue weighted by Crippen LogP contribution is -2.47. The van der Waals surface area contributed by atoms with Gasteiger partial charge in [-0.3, -0.25) is 0 Å². The smallest absolute Gasteiger partial charge is 0.0718 e. The molecule has 1 aliphatic rings. The number of likely N-dealkylation sites (N-methyl/N-ethyl adjacent to an activating group) is 1. The zero-order valence-corrected chi connectivity index (χ0v) is 12.9. The van der Waals surface area contributed by atoms with Gasteiger partial charge in [-0.15, -0.1) is 0 Å². The first-order chi connectivity index (χ1) is 8.13. The summed E-state index contributed by atoms with van der Waals surface area (Å²) in [4.78, 5) is 2.34. The molecular formula is C15H32N2O. The molecule has 2 atom stereocenters. The highest BCUT2D eigenvalue weighted by Gasteiger charge is 2.34. The van der Waals surface area contributed by atoms with Gasteiger partial charge < -0.3 is 15.7 Å². The van der Waals surface area contributed by atoms with E-state index in [-0.39, 0.29) is 0 Å². The van der Waals surface area contributed by atoms with Crippen molar-refractivity contribution in [3.8, 4) is 0 Å². The van der Waals surface area contributed by atoms with E-state index in [2.05, 4.69) is 25.7 Å². The average Bonchev–Trinajstić information content (AvgIpc) is 2.20. The molecule has 3 N–H and O–H groups in total. The summed E-state index contributed by atoms with van der Waals surface area (Å²) in [7, 11) is 0. The van der Waals surface area contributed by atoms with Crippen molar-refractivity contribution >= 4 is 0 Å². The maximum Gasteiger partial charge on any atom is 0.0718 e. The fourth-order valence-corrected chi connectivity index (χ4v) is 3.14. The molecule has 0 aromatic heterocycles. The molecule has 2 unspecified atom stereocenters. The van der Waals surface area contributed by atoms with Crippen molar-refractivity contribution in [1.29, 1.82) is 0 Å². The second-order valence-corrected chi connectivity index (χ2v) is 7.47. The minimum Gasteiger partial charge on any atom is -0.389 e. The van der Waals surface area contributed by atoms with E-state index in [1.807, 2.05) is 13.8 Å². The molecule has 1 rings (SSSR count). The van der Waals surface area contributed by atoms with Gasteiger partial charge in [0.2, 0.25) is 0 Å². The molecule has 18 heavy (non-hydrogen) atoms. The molecule has 0 bridgehead atoms. The SMILES string of the molecule is CCN(CC1CC(C)(C)CCC1N)CC(C)(C)O. The van der Waals surface area contributed by atoms with Crippen molar-refractivity contribution < 1.29 is 5.11 Å². The van der Waals surface area contributed by atoms with Gasteiger partial charge in [0.25, 0.3) is 0 Å². The number of hydrogen-bond acceptors (Lipinski definition) is 3. The Kier molecular flexibility index (Phi) is 5.22. The molecule has 0 aliphatic heterocycles. The maximum atomic E-state index is 9.94. The Labute approximate surface area is 113 Å². The van der Waals surface area contributed by atoms with Crippen molar-refractivity contribution in [2.45, 2.75) is 65.5 Å². The van der Waals surface area contributed by atoms with Crippen LogP contribution < -0.4 is 5.73 Å². The van der Waals surface area contributed by atoms with E-state index in [1.54, 1.807) is 0 Å². The zero-order chi connectivity index (χ0) is 14.0. The first-order valence-corrected chi connectivity index (χ1v) is 7.33. The van der Waals surface area contributed by atoms with Crippen LogP contribution in [-0.4, -0.2) is 41.3 Å². The van der Waals surface area contributed by atoms with Crippen LogP contribution in [0.2, 0.25) is 0 Å². The topological polar surface area (TPSA) is 49.5 Å². The van der Waals surface area contributed by atoms with Crippen molar-refractivity contribution in [2.75, 3.05) is 19.6 Å². The average molecular weight is 256 g/mol. The van der Waals surface area contributed by atoms with Gasteiger partial charge in [0.15, 0.2) is 0 Å². The standard InChI is InChI=1S/C15H32N2O/c1-6-17(11-15(4,5)18)10-12-9-14(2,3)8-7-13(12)16/h12-13,18H,6-11,16H2,1-5H3. The molecule has 0 amide bonds. The zero-order valence-electron chi connectivity index (χ0n) is 12.9. The number of hydrogen-bond donors (Lipinski definition) is 2. The van der Waals surface area contributed by atoms with Crippen LogP contribution in [0.3, 0.4) is 0 Å². The summed E-state index contributed by atoms with van der Waals surface area (Å²) in [6, 6.07) is 0.328. The van der Waals surface area contributed by atoms with Crippen LogP contribution in [0.5, 0.6) is 0 Å². The summed E-state index contributed by atoms with van der Waals surface area (Å²) in [5, 5.41) is 9.94. The molecule has 0 heterocycles. The fraction of sp³-hybridized carbons (Fsp3) is 1.00. The minimum atomic E-state index is -0.621. The maximum absolute atomic E-state index is 9.94. The quantitative estimate of drug-likeness (QED) is 0.793. The van der Waals surface area contributed by atoms with Gasteiger partial charge in [-0.2, -0.15) is 0 Å². The number of nitrogens with two attached hydrogens (primary N) is 1. The summed E-state index contributed by atoms with van der Waals surface area (Å²) >= 11 is 0. The van der Waals surface area contributed by atoms with Gasteiger partial charge in [0.1, 0.15) is 0 Å². The molecule has 3 nitrogen and oxygen atoms in total. The summed E-state index contributed by atoms with van der Waals surface area (Å²) in [5.41, 5.74) is 6.08. The van der Waals surface area contributed by atoms with E-state index in [1.165, 1.54) is 12.8 Å². The molecule has 0 radical (unpaired) electrons. The van der Waals surface area contributed by atoms with Crippen molar-refractivity contribution in [3.63, 3.8) is 0 Å². The normalized spacial score (nSPS) is 28.7. The van der Waals surface area contributed by atoms with Crippen LogP contribution in [0.4, 0.5) is 0 Å². The predicted molar refractivity (Wildman–Crippen MR) is 77.5 cm³/mol. The van der Waals surface area contributed by atoms with Crippen molar-refractivity contribution in [3.05, 3.63) is 0 Å². The molecule has 3 heteroatoms. The van der Waals surface area contributed by atoms with Crippen molar-refractivity contribution in [2.24, 2.45) is 17.1 Å². The summed E-state index contributed by atoms with van der Waals surface area (Å²) in [6.45, 7) is 13.3. The molecule has 0 spiro atoms. The highest BCUT2D eigenvalue weighted by molar-refractivity contribution is 4.89. The van der Waals surface area contributed by atoms with Gasteiger partial charge >= 0.3 is 0 Å². The van der Waals surface area contributed by atoms with Crippen molar-refractivity contribution in [1.82, 2.24) is 4.90 Å². The molecule has 108 valence electrons. The second-order valence-electron chi connectivity index (χ2n) is 7.47. The minimum absolute atomic E-state index is 0.328. The third kappa shape index (κ3) is 5.25. The highest BCUT2D eigenvalue weighted by Crippen LogP contribution is 2.38. The Morgan fingerprint density at radius 2 is 2.00 bits per heavy atom. The lowest BCUT2D eigenvalue weighted by atomic mass is 9.70. The largest absolute Gasteiger partial charge is 0.389 e. The van der Waals surface area contributed by atoms with Crippen LogP contribution in [0, 0.1) is 11.3 Å². The third-order valence-corrected chi connectivity index (χ3v) is 4.13. The van der Waals surface area contributed by atoms with Crippen LogP contribution in [0.15, 0.2) is 0 Å². The molecule has 0 aromatic rings.